The third kappa shape index (κ3) is 12.0. The normalized spacial score (nSPS) is 10.3. The molecule has 0 saturated carbocycles. The van der Waals surface area contributed by atoms with Gasteiger partial charge < -0.3 is 35.5 Å². The molecule has 0 aliphatic rings. The van der Waals surface area contributed by atoms with Crippen LogP contribution in [0.3, 0.4) is 0 Å². The Morgan fingerprint density at radius 1 is 0.443 bits per heavy atom. The molecule has 6 heterocycles. The number of hydrogen-bond donors (Lipinski definition) is 5. The van der Waals surface area contributed by atoms with Crippen molar-refractivity contribution in [3.05, 3.63) is 109 Å². The fourth-order valence-electron chi connectivity index (χ4n) is 6.65. The maximum atomic E-state index is 12.4. The van der Waals surface area contributed by atoms with Crippen LogP contribution < -0.4 is 10.2 Å². The summed E-state index contributed by atoms with van der Waals surface area (Å²) in [6, 6.07) is 19.0. The largest absolute Gasteiger partial charge is 2.00 e. The number of imidazole rings is 2. The van der Waals surface area contributed by atoms with Crippen LogP contribution in [0.4, 0.5) is 0 Å². The number of thiophene rings is 4. The van der Waals surface area contributed by atoms with E-state index in [0.29, 0.717) is 22.8 Å². The summed E-state index contributed by atoms with van der Waals surface area (Å²) >= 11 is 14.0. The average Bonchev–Trinajstić information content (AvgIpc) is 4.09. The van der Waals surface area contributed by atoms with Gasteiger partial charge in [-0.15, -0.1) is 45.3 Å². The van der Waals surface area contributed by atoms with Gasteiger partial charge in [-0.2, -0.15) is 0 Å². The number of aliphatic hydroxyl groups is 3. The maximum Gasteiger partial charge on any atom is 2.00 e. The van der Waals surface area contributed by atoms with Crippen LogP contribution in [0.25, 0.3) is 67.8 Å². The molecule has 0 atom stereocenters. The smallest absolute Gasteiger partial charge is 0.872 e. The van der Waals surface area contributed by atoms with Gasteiger partial charge in [0, 0.05) is 103 Å². The molecule has 0 spiro atoms. The summed E-state index contributed by atoms with van der Waals surface area (Å²) in [7, 11) is 3.00. The zero-order valence-electron chi connectivity index (χ0n) is 35.5. The fourth-order valence-corrected chi connectivity index (χ4v) is 11.1. The number of halogens is 2. The quantitative estimate of drug-likeness (QED) is 0.111. The van der Waals surface area contributed by atoms with Crippen molar-refractivity contribution in [1.29, 1.82) is 0 Å². The van der Waals surface area contributed by atoms with Crippen LogP contribution in [-0.4, -0.2) is 56.6 Å². The zero-order chi connectivity index (χ0) is 44.6. The van der Waals surface area contributed by atoms with Crippen molar-refractivity contribution in [2.45, 2.75) is 55.4 Å². The zero-order valence-corrected chi connectivity index (χ0v) is 43.0. The number of nitrogens with one attached hydrogen (secondary N) is 2. The molecule has 9 nitrogen and oxygen atoms in total. The van der Waals surface area contributed by atoms with E-state index in [1.165, 1.54) is 39.0 Å². The van der Waals surface area contributed by atoms with Crippen molar-refractivity contribution in [1.82, 2.24) is 19.9 Å². The molecular weight excluding hydrogens is 1020 g/mol. The number of nitrogens with zero attached hydrogens (tertiary/aromatic N) is 2. The Morgan fingerprint density at radius 3 is 0.984 bits per heavy atom. The SMILES string of the molecule is CO.CO.CO.Cc1cc(-c2nc(-c3cc(Br)ccc3[O-])[nH]c2-c2cc(C)sc2C)c(C)s1.Cc1cc(-c2nc(-c3cc(Br)ccc3[O-])[nH]c2-c2cc(C)sc2C)c(C)s1.[Co+2]. The van der Waals surface area contributed by atoms with Crippen molar-refractivity contribution in [2.24, 2.45) is 0 Å². The van der Waals surface area contributed by atoms with Gasteiger partial charge in [-0.3, -0.25) is 0 Å². The first-order chi connectivity index (χ1) is 28.7. The molecule has 6 aromatic heterocycles. The summed E-state index contributed by atoms with van der Waals surface area (Å²) in [6.45, 7) is 16.9. The first-order valence-electron chi connectivity index (χ1n) is 18.4. The van der Waals surface area contributed by atoms with Crippen LogP contribution in [-0.2, 0) is 16.8 Å². The first-order valence-corrected chi connectivity index (χ1v) is 23.3. The summed E-state index contributed by atoms with van der Waals surface area (Å²) in [5, 5.41) is 45.9. The third-order valence-electron chi connectivity index (χ3n) is 9.01. The van der Waals surface area contributed by atoms with E-state index in [9.17, 15) is 10.2 Å². The molecule has 5 N–H and O–H groups in total. The van der Waals surface area contributed by atoms with Crippen LogP contribution in [0.15, 0.2) is 69.6 Å². The Labute approximate surface area is 400 Å². The summed E-state index contributed by atoms with van der Waals surface area (Å²) in [6.07, 6.45) is 0. The summed E-state index contributed by atoms with van der Waals surface area (Å²) in [4.78, 5) is 26.6. The predicted octanol–water partition coefficient (Wildman–Crippen LogP) is 12.0. The van der Waals surface area contributed by atoms with E-state index in [2.05, 4.69) is 121 Å². The molecule has 0 fully saturated rings. The first kappa shape index (κ1) is 52.0. The van der Waals surface area contributed by atoms with Crippen molar-refractivity contribution >= 4 is 77.2 Å². The predicted molar refractivity (Wildman–Crippen MR) is 258 cm³/mol. The standard InChI is InChI=1S/2C21H19BrN2OS2.3CH4O.Co/c2*1-10-7-15(12(3)26-10)19-20(16-8-11(2)27-13(16)4)24-21(23-19)17-9-14(22)5-6-18(17)25;3*1-2;/h2*5-9,25H,1-4H3,(H,23,24);3*2H,1H3;/q;;;;;+2/p-2. The van der Waals surface area contributed by atoms with Gasteiger partial charge in [-0.05, 0) is 104 Å². The molecule has 0 amide bonds. The molecule has 2 aromatic carbocycles. The number of aliphatic hydroxyl groups excluding tert-OH is 3. The molecule has 8 rings (SSSR count). The number of aromatic nitrogens is 4. The Bertz CT molecular complexity index is 2380. The molecule has 0 saturated heterocycles. The Balaban J connectivity index is 0.000000286. The van der Waals surface area contributed by atoms with E-state index in [1.807, 2.05) is 12.1 Å². The molecule has 0 aliphatic heterocycles. The Morgan fingerprint density at radius 2 is 0.721 bits per heavy atom. The minimum atomic E-state index is -0.0403. The number of H-pyrrole nitrogens is 2. The van der Waals surface area contributed by atoms with Gasteiger partial charge in [-0.25, -0.2) is 9.97 Å². The Hall–Kier alpha value is -3.39. The second-order valence-corrected chi connectivity index (χ2v) is 20.9. The average molecular weight is 1070 g/mol. The second-order valence-electron chi connectivity index (χ2n) is 13.2. The van der Waals surface area contributed by atoms with Crippen LogP contribution in [0.2, 0.25) is 0 Å². The summed E-state index contributed by atoms with van der Waals surface area (Å²) < 4.78 is 1.73. The molecule has 61 heavy (non-hydrogen) atoms. The van der Waals surface area contributed by atoms with E-state index < -0.39 is 0 Å². The van der Waals surface area contributed by atoms with Gasteiger partial charge >= 0.3 is 16.8 Å². The van der Waals surface area contributed by atoms with Gasteiger partial charge in [0.1, 0.15) is 11.6 Å². The molecule has 16 heteroatoms. The van der Waals surface area contributed by atoms with E-state index in [-0.39, 0.29) is 28.3 Å². The van der Waals surface area contributed by atoms with Crippen molar-refractivity contribution in [3.63, 3.8) is 0 Å². The molecule has 1 radical (unpaired) electrons. The number of aromatic amines is 2. The topological polar surface area (TPSA) is 164 Å². The third-order valence-corrected chi connectivity index (χ3v) is 13.9. The van der Waals surface area contributed by atoms with E-state index in [4.69, 9.17) is 25.3 Å². The van der Waals surface area contributed by atoms with Crippen LogP contribution >= 0.6 is 77.2 Å². The number of hydrogen-bond acceptors (Lipinski definition) is 11. The molecule has 8 aromatic rings. The molecule has 0 aliphatic carbocycles. The monoisotopic (exact) mass is 1070 g/mol. The van der Waals surface area contributed by atoms with Crippen molar-refractivity contribution < 1.29 is 42.3 Å². The van der Waals surface area contributed by atoms with Gasteiger partial charge in [0.2, 0.25) is 0 Å². The van der Waals surface area contributed by atoms with Crippen LogP contribution in [0.1, 0.15) is 39.0 Å². The van der Waals surface area contributed by atoms with Crippen LogP contribution in [0.5, 0.6) is 11.5 Å². The minimum absolute atomic E-state index is 0. The van der Waals surface area contributed by atoms with Gasteiger partial charge in [-0.1, -0.05) is 55.5 Å². The van der Waals surface area contributed by atoms with Gasteiger partial charge in [0.25, 0.3) is 0 Å². The second kappa shape index (κ2) is 23.3. The van der Waals surface area contributed by atoms with Crippen LogP contribution in [0, 0.1) is 55.4 Å². The maximum absolute atomic E-state index is 12.4. The summed E-state index contributed by atoms with van der Waals surface area (Å²) in [5.74, 6) is 1.14. The number of benzene rings is 2. The van der Waals surface area contributed by atoms with Crippen molar-refractivity contribution in [3.8, 4) is 79.3 Å². The van der Waals surface area contributed by atoms with Gasteiger partial charge in [0.05, 0.1) is 22.8 Å². The number of rotatable bonds is 6. The molecular formula is C45H48Br2CoN4O5S4. The Kier molecular flexibility index (Phi) is 19.9. The van der Waals surface area contributed by atoms with Crippen molar-refractivity contribution in [2.75, 3.05) is 21.3 Å². The summed E-state index contributed by atoms with van der Waals surface area (Å²) in [5.41, 5.74) is 9.48. The molecule has 0 bridgehead atoms. The van der Waals surface area contributed by atoms with E-state index in [1.54, 1.807) is 69.6 Å². The van der Waals surface area contributed by atoms with Gasteiger partial charge in [0.15, 0.2) is 0 Å². The van der Waals surface area contributed by atoms with E-state index >= 15 is 0 Å². The molecule has 325 valence electrons. The minimum Gasteiger partial charge on any atom is -0.872 e. The number of aryl methyl sites for hydroxylation is 8. The molecule has 0 unspecified atom stereocenters. The fraction of sp³-hybridized carbons (Fsp3) is 0.244. The van der Waals surface area contributed by atoms with E-state index in [0.717, 1.165) is 75.3 Å².